The highest BCUT2D eigenvalue weighted by atomic mass is 32.1. The molecule has 6 aromatic rings. The van der Waals surface area contributed by atoms with Crippen LogP contribution in [-0.4, -0.2) is 44.1 Å². The van der Waals surface area contributed by atoms with E-state index in [1.54, 1.807) is 17.5 Å². The quantitative estimate of drug-likeness (QED) is 0.203. The zero-order valence-electron chi connectivity index (χ0n) is 21.2. The van der Waals surface area contributed by atoms with Gasteiger partial charge >= 0.3 is 0 Å². The Morgan fingerprint density at radius 2 is 1.87 bits per heavy atom. The molecule has 194 valence electrons. The van der Waals surface area contributed by atoms with Crippen molar-refractivity contribution in [1.82, 2.24) is 30.5 Å². The Labute approximate surface area is 228 Å². The van der Waals surface area contributed by atoms with Crippen molar-refractivity contribution in [2.45, 2.75) is 19.3 Å². The number of carbonyl (C=O) groups is 1. The van der Waals surface area contributed by atoms with Crippen molar-refractivity contribution in [3.8, 4) is 33.2 Å². The van der Waals surface area contributed by atoms with E-state index in [1.807, 2.05) is 41.8 Å². The van der Waals surface area contributed by atoms with Crippen molar-refractivity contribution >= 4 is 44.9 Å². The number of hydrogen-bond donors (Lipinski definition) is 4. The second-order valence-corrected chi connectivity index (χ2v) is 10.9. The molecule has 0 saturated carbocycles. The van der Waals surface area contributed by atoms with Crippen LogP contribution >= 0.6 is 11.3 Å². The Hall–Kier alpha value is -4.34. The zero-order valence-corrected chi connectivity index (χ0v) is 22.0. The summed E-state index contributed by atoms with van der Waals surface area (Å²) in [6, 6.07) is 20.2. The van der Waals surface area contributed by atoms with Gasteiger partial charge in [0.2, 0.25) is 5.91 Å². The van der Waals surface area contributed by atoms with Gasteiger partial charge < -0.3 is 15.6 Å². The summed E-state index contributed by atoms with van der Waals surface area (Å²) in [4.78, 5) is 26.7. The maximum Gasteiger partial charge on any atom is 0.224 e. The minimum Gasteiger partial charge on any atom is -0.336 e. The lowest BCUT2D eigenvalue weighted by Gasteiger charge is -2.22. The third-order valence-electron chi connectivity index (χ3n) is 7.36. The Morgan fingerprint density at radius 1 is 0.974 bits per heavy atom. The molecule has 0 bridgehead atoms. The number of rotatable bonds is 6. The van der Waals surface area contributed by atoms with Gasteiger partial charge in [0.25, 0.3) is 0 Å². The maximum atomic E-state index is 12.7. The highest BCUT2D eigenvalue weighted by Gasteiger charge is 2.18. The molecule has 0 aliphatic carbocycles. The van der Waals surface area contributed by atoms with Crippen molar-refractivity contribution in [1.29, 1.82) is 0 Å². The van der Waals surface area contributed by atoms with Crippen molar-refractivity contribution < 1.29 is 4.79 Å². The van der Waals surface area contributed by atoms with Crippen LogP contribution in [0.4, 0.5) is 5.69 Å². The van der Waals surface area contributed by atoms with Gasteiger partial charge in [-0.15, -0.1) is 11.3 Å². The minimum absolute atomic E-state index is 0.0768. The van der Waals surface area contributed by atoms with Gasteiger partial charge in [0, 0.05) is 23.7 Å². The highest BCUT2D eigenvalue weighted by molar-refractivity contribution is 7.13. The zero-order chi connectivity index (χ0) is 26.2. The van der Waals surface area contributed by atoms with Gasteiger partial charge in [-0.2, -0.15) is 5.10 Å². The molecule has 1 amide bonds. The third kappa shape index (κ3) is 4.71. The smallest absolute Gasteiger partial charge is 0.224 e. The first-order chi connectivity index (χ1) is 19.2. The fourth-order valence-corrected chi connectivity index (χ4v) is 6.07. The number of aromatic amines is 2. The van der Waals surface area contributed by atoms with Crippen LogP contribution in [0.2, 0.25) is 0 Å². The Balaban J connectivity index is 1.19. The predicted molar refractivity (Wildman–Crippen MR) is 157 cm³/mol. The number of nitrogens with one attached hydrogen (secondary N) is 4. The summed E-state index contributed by atoms with van der Waals surface area (Å²) < 4.78 is 0. The molecular formula is C30H27N7OS. The van der Waals surface area contributed by atoms with Crippen LogP contribution in [0, 0.1) is 5.92 Å². The fraction of sp³-hybridized carbons (Fsp3) is 0.200. The average Bonchev–Trinajstić information content (AvgIpc) is 3.73. The molecule has 1 fully saturated rings. The van der Waals surface area contributed by atoms with Gasteiger partial charge in [0.1, 0.15) is 16.9 Å². The standard InChI is InChI=1S/C30H27N7OS/c38-26(15-18-8-11-31-12-9-18)33-21-4-1-3-19(16-21)20-6-7-23-22(17-20)27(37-36-23)30-34-24-10-13-32-29(28(24)35-30)25-5-2-14-39-25/h1-7,10,13-14,16-18,31H,8-9,11-12,15H2,(H,33,38)(H,34,35)(H,36,37). The van der Waals surface area contributed by atoms with Crippen molar-refractivity contribution in [3.63, 3.8) is 0 Å². The number of nitrogens with zero attached hydrogens (tertiary/aromatic N) is 3. The number of pyridine rings is 1. The SMILES string of the molecule is O=C(CC1CCNCC1)Nc1cccc(-c2ccc3[nH]nc(-c4nc5c(-c6cccs6)nccc5[nH]4)c3c2)c1. The van der Waals surface area contributed by atoms with Crippen LogP contribution < -0.4 is 10.6 Å². The Morgan fingerprint density at radius 3 is 2.74 bits per heavy atom. The number of fused-ring (bicyclic) bond motifs is 2. The summed E-state index contributed by atoms with van der Waals surface area (Å²) in [7, 11) is 0. The van der Waals surface area contributed by atoms with Crippen LogP contribution in [0.15, 0.2) is 72.2 Å². The van der Waals surface area contributed by atoms with Crippen LogP contribution in [0.1, 0.15) is 19.3 Å². The van der Waals surface area contributed by atoms with Gasteiger partial charge in [-0.1, -0.05) is 24.3 Å². The number of imidazole rings is 1. The maximum absolute atomic E-state index is 12.7. The van der Waals surface area contributed by atoms with Crippen molar-refractivity contribution in [3.05, 3.63) is 72.2 Å². The summed E-state index contributed by atoms with van der Waals surface area (Å²) in [6.07, 6.45) is 4.48. The largest absolute Gasteiger partial charge is 0.336 e. The lowest BCUT2D eigenvalue weighted by molar-refractivity contribution is -0.117. The van der Waals surface area contributed by atoms with E-state index in [0.717, 1.165) is 80.9 Å². The number of hydrogen-bond acceptors (Lipinski definition) is 6. The molecule has 0 spiro atoms. The first kappa shape index (κ1) is 23.8. The summed E-state index contributed by atoms with van der Waals surface area (Å²) >= 11 is 1.65. The second kappa shape index (κ2) is 10.1. The normalized spacial score (nSPS) is 14.3. The predicted octanol–water partition coefficient (Wildman–Crippen LogP) is 6.22. The van der Waals surface area contributed by atoms with Gasteiger partial charge in [-0.05, 0) is 84.8 Å². The van der Waals surface area contributed by atoms with Gasteiger partial charge in [-0.25, -0.2) is 4.98 Å². The lowest BCUT2D eigenvalue weighted by atomic mass is 9.94. The van der Waals surface area contributed by atoms with E-state index >= 15 is 0 Å². The summed E-state index contributed by atoms with van der Waals surface area (Å²) in [5.74, 6) is 1.22. The molecule has 39 heavy (non-hydrogen) atoms. The van der Waals surface area contributed by atoms with Gasteiger partial charge in [0.15, 0.2) is 5.82 Å². The molecule has 2 aromatic carbocycles. The average molecular weight is 534 g/mol. The minimum atomic E-state index is 0.0768. The molecule has 1 saturated heterocycles. The van der Waals surface area contributed by atoms with E-state index in [4.69, 9.17) is 4.98 Å². The molecule has 0 atom stereocenters. The van der Waals surface area contributed by atoms with Gasteiger partial charge in [0.05, 0.1) is 15.9 Å². The number of aromatic nitrogens is 5. The molecule has 4 aromatic heterocycles. The number of H-pyrrole nitrogens is 2. The van der Waals surface area contributed by atoms with E-state index < -0.39 is 0 Å². The number of carbonyl (C=O) groups excluding carboxylic acids is 1. The number of benzene rings is 2. The topological polar surface area (TPSA) is 111 Å². The molecular weight excluding hydrogens is 506 g/mol. The number of anilines is 1. The monoisotopic (exact) mass is 533 g/mol. The third-order valence-corrected chi connectivity index (χ3v) is 8.23. The van der Waals surface area contributed by atoms with Crippen LogP contribution in [0.25, 0.3) is 55.2 Å². The number of piperidine rings is 1. The molecule has 9 heteroatoms. The molecule has 1 aliphatic rings. The molecule has 8 nitrogen and oxygen atoms in total. The first-order valence-electron chi connectivity index (χ1n) is 13.2. The van der Waals surface area contributed by atoms with Crippen molar-refractivity contribution in [2.75, 3.05) is 18.4 Å². The molecule has 1 aliphatic heterocycles. The Bertz CT molecular complexity index is 1780. The van der Waals surface area contributed by atoms with Crippen LogP contribution in [-0.2, 0) is 4.79 Å². The molecule has 0 unspecified atom stereocenters. The second-order valence-electron chi connectivity index (χ2n) is 9.98. The summed E-state index contributed by atoms with van der Waals surface area (Å²) in [5, 5.41) is 17.2. The fourth-order valence-electron chi connectivity index (χ4n) is 5.35. The van der Waals surface area contributed by atoms with Crippen molar-refractivity contribution in [2.24, 2.45) is 5.92 Å². The van der Waals surface area contributed by atoms with E-state index in [1.165, 1.54) is 0 Å². The van der Waals surface area contributed by atoms with Gasteiger partial charge in [-0.3, -0.25) is 14.9 Å². The summed E-state index contributed by atoms with van der Waals surface area (Å²) in [6.45, 7) is 1.99. The molecule has 0 radical (unpaired) electrons. The lowest BCUT2D eigenvalue weighted by Crippen LogP contribution is -2.30. The molecule has 7 rings (SSSR count). The van der Waals surface area contributed by atoms with E-state index in [2.05, 4.69) is 55.1 Å². The molecule has 5 heterocycles. The van der Waals surface area contributed by atoms with E-state index in [0.29, 0.717) is 18.2 Å². The first-order valence-corrected chi connectivity index (χ1v) is 14.1. The Kier molecular flexibility index (Phi) is 6.14. The van der Waals surface area contributed by atoms with Crippen LogP contribution in [0.3, 0.4) is 0 Å². The van der Waals surface area contributed by atoms with E-state index in [9.17, 15) is 4.79 Å². The number of amides is 1. The molecule has 4 N–H and O–H groups in total. The van der Waals surface area contributed by atoms with E-state index in [-0.39, 0.29) is 5.91 Å². The highest BCUT2D eigenvalue weighted by Crippen LogP contribution is 2.34. The summed E-state index contributed by atoms with van der Waals surface area (Å²) in [5.41, 5.74) is 7.17. The number of thiophene rings is 1. The van der Waals surface area contributed by atoms with Crippen LogP contribution in [0.5, 0.6) is 0 Å².